The standard InChI is InChI=1S/C30H25ClN4O4/c31-23-7-2-1-6-20(23)8-12-25-27(29(37)39-17-19-5-3-4-18(14-19)16-32)28(35-30(38)34-25)22-9-11-24-21(15-22)10-13-26(36)33-24/h1-7,9,11,14-15,27-28H,8,10,12-13,17H2,(H,33,36)(H,35,38). The maximum Gasteiger partial charge on any atom is 0.341 e. The number of fused-ring (bicyclic) bond motifs is 1. The van der Waals surface area contributed by atoms with Gasteiger partial charge in [0.25, 0.3) is 0 Å². The topological polar surface area (TPSA) is 121 Å². The number of aliphatic imine (C=N–C) groups is 1. The molecule has 0 saturated carbocycles. The predicted octanol–water partition coefficient (Wildman–Crippen LogP) is 5.29. The fourth-order valence-corrected chi connectivity index (χ4v) is 5.17. The maximum atomic E-state index is 13.6. The van der Waals surface area contributed by atoms with Gasteiger partial charge in [-0.25, -0.2) is 9.79 Å². The summed E-state index contributed by atoms with van der Waals surface area (Å²) < 4.78 is 5.72. The van der Waals surface area contributed by atoms with Gasteiger partial charge in [-0.15, -0.1) is 0 Å². The van der Waals surface area contributed by atoms with Crippen molar-refractivity contribution in [2.45, 2.75) is 38.3 Å². The molecule has 5 rings (SSSR count). The highest BCUT2D eigenvalue weighted by Gasteiger charge is 2.40. The Labute approximate surface area is 230 Å². The minimum absolute atomic E-state index is 0.0282. The van der Waals surface area contributed by atoms with Gasteiger partial charge in [0.1, 0.15) is 12.5 Å². The molecule has 2 aliphatic rings. The van der Waals surface area contributed by atoms with Crippen molar-refractivity contribution in [3.8, 4) is 6.07 Å². The van der Waals surface area contributed by atoms with Crippen LogP contribution in [0.5, 0.6) is 0 Å². The van der Waals surface area contributed by atoms with Crippen molar-refractivity contribution in [2.75, 3.05) is 5.32 Å². The van der Waals surface area contributed by atoms with Crippen LogP contribution in [-0.2, 0) is 33.8 Å². The molecule has 0 radical (unpaired) electrons. The van der Waals surface area contributed by atoms with Gasteiger partial charge in [-0.2, -0.15) is 5.26 Å². The molecular weight excluding hydrogens is 516 g/mol. The summed E-state index contributed by atoms with van der Waals surface area (Å²) in [7, 11) is 0. The van der Waals surface area contributed by atoms with Gasteiger partial charge in [0.15, 0.2) is 0 Å². The van der Waals surface area contributed by atoms with Crippen molar-refractivity contribution < 1.29 is 19.1 Å². The molecule has 39 heavy (non-hydrogen) atoms. The highest BCUT2D eigenvalue weighted by atomic mass is 35.5. The number of aryl methyl sites for hydroxylation is 2. The van der Waals surface area contributed by atoms with E-state index >= 15 is 0 Å². The Balaban J connectivity index is 1.44. The minimum atomic E-state index is -0.874. The Morgan fingerprint density at radius 3 is 2.72 bits per heavy atom. The van der Waals surface area contributed by atoms with Crippen LogP contribution in [0.1, 0.15) is 46.7 Å². The van der Waals surface area contributed by atoms with Crippen molar-refractivity contribution in [3.05, 3.63) is 99.6 Å². The molecule has 0 saturated heterocycles. The van der Waals surface area contributed by atoms with E-state index in [0.29, 0.717) is 47.5 Å². The van der Waals surface area contributed by atoms with Gasteiger partial charge in [0, 0.05) is 22.8 Å². The average molecular weight is 541 g/mol. The molecule has 3 aromatic rings. The molecule has 2 unspecified atom stereocenters. The summed E-state index contributed by atoms with van der Waals surface area (Å²) in [4.78, 5) is 42.4. The van der Waals surface area contributed by atoms with Crippen LogP contribution in [0.3, 0.4) is 0 Å². The largest absolute Gasteiger partial charge is 0.460 e. The second-order valence-electron chi connectivity index (χ2n) is 9.48. The molecule has 8 nitrogen and oxygen atoms in total. The molecule has 2 atom stereocenters. The smallest absolute Gasteiger partial charge is 0.341 e. The molecule has 2 aliphatic heterocycles. The van der Waals surface area contributed by atoms with Gasteiger partial charge >= 0.3 is 12.0 Å². The van der Waals surface area contributed by atoms with E-state index in [2.05, 4.69) is 21.7 Å². The third-order valence-electron chi connectivity index (χ3n) is 6.90. The number of amides is 3. The van der Waals surface area contributed by atoms with Crippen LogP contribution in [0, 0.1) is 17.2 Å². The number of hydrogen-bond donors (Lipinski definition) is 2. The lowest BCUT2D eigenvalue weighted by Gasteiger charge is -2.32. The number of nitriles is 1. The highest BCUT2D eigenvalue weighted by Crippen LogP contribution is 2.34. The summed E-state index contributed by atoms with van der Waals surface area (Å²) in [6.07, 6.45) is 1.75. The number of nitrogens with zero attached hydrogens (tertiary/aromatic N) is 2. The quantitative estimate of drug-likeness (QED) is 0.394. The van der Waals surface area contributed by atoms with Gasteiger partial charge in [0.2, 0.25) is 5.91 Å². The summed E-state index contributed by atoms with van der Waals surface area (Å²) in [5.41, 5.74) is 4.81. The molecular formula is C30H25ClN4O4. The zero-order chi connectivity index (χ0) is 27.4. The number of anilines is 1. The molecule has 2 heterocycles. The summed E-state index contributed by atoms with van der Waals surface area (Å²) in [6, 6.07) is 20.6. The Morgan fingerprint density at radius 1 is 1.05 bits per heavy atom. The molecule has 0 aliphatic carbocycles. The molecule has 0 aromatic heterocycles. The fraction of sp³-hybridized carbons (Fsp3) is 0.233. The first-order valence-electron chi connectivity index (χ1n) is 12.6. The highest BCUT2D eigenvalue weighted by molar-refractivity contribution is 6.31. The molecule has 196 valence electrons. The number of carbonyl (C=O) groups is 3. The van der Waals surface area contributed by atoms with Crippen molar-refractivity contribution in [1.82, 2.24) is 5.32 Å². The van der Waals surface area contributed by atoms with Crippen LogP contribution in [0.2, 0.25) is 5.02 Å². The van der Waals surface area contributed by atoms with Crippen LogP contribution in [-0.4, -0.2) is 23.6 Å². The lowest BCUT2D eigenvalue weighted by molar-refractivity contribution is -0.148. The minimum Gasteiger partial charge on any atom is -0.460 e. The van der Waals surface area contributed by atoms with E-state index in [1.54, 1.807) is 42.5 Å². The van der Waals surface area contributed by atoms with E-state index in [1.165, 1.54) is 0 Å². The summed E-state index contributed by atoms with van der Waals surface area (Å²) in [5, 5.41) is 15.5. The van der Waals surface area contributed by atoms with Crippen LogP contribution in [0.4, 0.5) is 10.5 Å². The molecule has 0 fully saturated rings. The fourth-order valence-electron chi connectivity index (χ4n) is 4.94. The summed E-state index contributed by atoms with van der Waals surface area (Å²) in [5.74, 6) is -1.45. The number of urea groups is 1. The van der Waals surface area contributed by atoms with Crippen LogP contribution in [0.25, 0.3) is 0 Å². The van der Waals surface area contributed by atoms with Crippen molar-refractivity contribution in [2.24, 2.45) is 10.9 Å². The van der Waals surface area contributed by atoms with Gasteiger partial charge in [0.05, 0.1) is 17.7 Å². The first-order chi connectivity index (χ1) is 18.9. The number of hydrogen-bond acceptors (Lipinski definition) is 5. The van der Waals surface area contributed by atoms with Crippen LogP contribution >= 0.6 is 11.6 Å². The molecule has 0 bridgehead atoms. The van der Waals surface area contributed by atoms with Gasteiger partial charge in [-0.3, -0.25) is 9.59 Å². The Morgan fingerprint density at radius 2 is 1.90 bits per heavy atom. The Kier molecular flexibility index (Phi) is 7.71. The molecule has 2 N–H and O–H groups in total. The second-order valence-corrected chi connectivity index (χ2v) is 9.89. The monoisotopic (exact) mass is 540 g/mol. The summed E-state index contributed by atoms with van der Waals surface area (Å²) >= 11 is 6.35. The summed E-state index contributed by atoms with van der Waals surface area (Å²) in [6.45, 7) is -0.0282. The third kappa shape index (κ3) is 6.00. The van der Waals surface area contributed by atoms with E-state index in [1.807, 2.05) is 24.3 Å². The number of esters is 1. The molecule has 3 amide bonds. The molecule has 3 aromatic carbocycles. The number of ether oxygens (including phenoxy) is 1. The van der Waals surface area contributed by atoms with Gasteiger partial charge in [-0.1, -0.05) is 54.1 Å². The van der Waals surface area contributed by atoms with Crippen LogP contribution in [0.15, 0.2) is 71.7 Å². The normalized spacial score (nSPS) is 18.2. The van der Waals surface area contributed by atoms with E-state index in [9.17, 15) is 19.6 Å². The SMILES string of the molecule is N#Cc1cccc(COC(=O)C2C(CCc3ccccc3Cl)=NC(=O)NC2c2ccc3c(c2)CCC(=O)N3)c1. The predicted molar refractivity (Wildman–Crippen MR) is 146 cm³/mol. The first-order valence-corrected chi connectivity index (χ1v) is 13.0. The number of rotatable bonds is 7. The zero-order valence-corrected chi connectivity index (χ0v) is 21.7. The first kappa shape index (κ1) is 26.1. The van der Waals surface area contributed by atoms with Crippen molar-refractivity contribution in [1.29, 1.82) is 5.26 Å². The Hall–Kier alpha value is -4.48. The Bertz CT molecular complexity index is 1530. The van der Waals surface area contributed by atoms with Gasteiger partial charge < -0.3 is 15.4 Å². The van der Waals surface area contributed by atoms with Crippen LogP contribution < -0.4 is 10.6 Å². The molecule has 0 spiro atoms. The lowest BCUT2D eigenvalue weighted by atomic mass is 9.84. The number of benzene rings is 3. The number of carbonyl (C=O) groups excluding carboxylic acids is 3. The van der Waals surface area contributed by atoms with Crippen molar-refractivity contribution in [3.63, 3.8) is 0 Å². The van der Waals surface area contributed by atoms with Crippen molar-refractivity contribution >= 4 is 40.9 Å². The zero-order valence-electron chi connectivity index (χ0n) is 20.9. The van der Waals surface area contributed by atoms with E-state index < -0.39 is 24.0 Å². The number of halogens is 1. The third-order valence-corrected chi connectivity index (χ3v) is 7.27. The van der Waals surface area contributed by atoms with E-state index in [0.717, 1.165) is 22.4 Å². The number of nitrogens with one attached hydrogen (secondary N) is 2. The van der Waals surface area contributed by atoms with Gasteiger partial charge in [-0.05, 0) is 65.8 Å². The maximum absolute atomic E-state index is 13.6. The average Bonchev–Trinajstić information content (AvgIpc) is 2.95. The van der Waals surface area contributed by atoms with E-state index in [-0.39, 0.29) is 12.5 Å². The lowest BCUT2D eigenvalue weighted by Crippen LogP contribution is -2.45. The molecule has 9 heteroatoms. The second kappa shape index (κ2) is 11.5. The van der Waals surface area contributed by atoms with E-state index in [4.69, 9.17) is 16.3 Å².